The Labute approximate surface area is 218 Å². The molecule has 3 aliphatic heterocycles. The topological polar surface area (TPSA) is 89.7 Å². The van der Waals surface area contributed by atoms with Crippen LogP contribution in [0.25, 0.3) is 5.57 Å². The van der Waals surface area contributed by atoms with Crippen molar-refractivity contribution in [2.75, 3.05) is 18.6 Å². The molecule has 0 saturated carbocycles. The van der Waals surface area contributed by atoms with Gasteiger partial charge in [0.25, 0.3) is 5.91 Å². The first-order chi connectivity index (χ1) is 17.3. The molecule has 1 N–H and O–H groups in total. The molecule has 3 aliphatic rings. The van der Waals surface area contributed by atoms with Crippen LogP contribution in [0.4, 0.5) is 9.80 Å². The Bertz CT molecular complexity index is 1270. The number of carbonyl (C=O) groups is 1. The molecule has 1 fully saturated rings. The van der Waals surface area contributed by atoms with E-state index in [2.05, 4.69) is 23.3 Å². The van der Waals surface area contributed by atoms with Crippen LogP contribution in [0.2, 0.25) is 18.6 Å². The maximum atomic E-state index is 16.0. The number of allylic oxidation sites excluding steroid dienone is 1. The third kappa shape index (κ3) is 3.87. The highest BCUT2D eigenvalue weighted by molar-refractivity contribution is 6.72. The van der Waals surface area contributed by atoms with Crippen molar-refractivity contribution >= 4 is 25.6 Å². The van der Waals surface area contributed by atoms with Crippen LogP contribution in [-0.2, 0) is 28.1 Å². The fourth-order valence-corrected chi connectivity index (χ4v) is 9.46. The summed E-state index contributed by atoms with van der Waals surface area (Å²) in [6.07, 6.45) is 4.37. The second kappa shape index (κ2) is 8.74. The first-order valence-electron chi connectivity index (χ1n) is 13.0. The lowest BCUT2D eigenvalue weighted by Gasteiger charge is -2.39. The molecule has 0 bridgehead atoms. The fraction of sp³-hybridized carbons (Fsp3) is 0.593. The van der Waals surface area contributed by atoms with E-state index in [4.69, 9.17) is 9.47 Å². The summed E-state index contributed by atoms with van der Waals surface area (Å²) in [6, 6.07) is 3.88. The van der Waals surface area contributed by atoms with E-state index in [1.165, 1.54) is 0 Å². The van der Waals surface area contributed by atoms with Gasteiger partial charge in [-0.3, -0.25) is 14.4 Å². The van der Waals surface area contributed by atoms with E-state index in [1.54, 1.807) is 31.1 Å². The van der Waals surface area contributed by atoms with Crippen LogP contribution in [-0.4, -0.2) is 59.8 Å². The molecule has 1 aromatic heterocycles. The summed E-state index contributed by atoms with van der Waals surface area (Å²) >= 11 is 0. The average molecular weight is 529 g/mol. The maximum absolute atomic E-state index is 16.0. The van der Waals surface area contributed by atoms with Gasteiger partial charge < -0.3 is 18.7 Å². The van der Waals surface area contributed by atoms with Crippen molar-refractivity contribution in [1.82, 2.24) is 15.0 Å². The maximum Gasteiger partial charge on any atom is 0.265 e. The Morgan fingerprint density at radius 2 is 2.03 bits per heavy atom. The molecule has 5 rings (SSSR count). The minimum Gasteiger partial charge on any atom is -0.497 e. The zero-order valence-corrected chi connectivity index (χ0v) is 23.7. The van der Waals surface area contributed by atoms with Gasteiger partial charge in [-0.2, -0.15) is 0 Å². The number of halogens is 1. The number of ether oxygens (including phenoxy) is 2. The van der Waals surface area contributed by atoms with Crippen LogP contribution in [0.3, 0.4) is 0 Å². The van der Waals surface area contributed by atoms with Gasteiger partial charge in [-0.15, -0.1) is 5.10 Å². The first-order valence-corrected chi connectivity index (χ1v) is 15.9. The molecule has 37 heavy (non-hydrogen) atoms. The number of aliphatic hydroxyl groups is 1. The zero-order chi connectivity index (χ0) is 26.9. The number of hydrogen-bond acceptors (Lipinski definition) is 6. The molecule has 0 aliphatic carbocycles. The largest absolute Gasteiger partial charge is 0.497 e. The molecule has 200 valence electrons. The zero-order valence-electron chi connectivity index (χ0n) is 22.7. The van der Waals surface area contributed by atoms with Gasteiger partial charge in [0.2, 0.25) is 8.41 Å². The van der Waals surface area contributed by atoms with E-state index in [9.17, 15) is 9.90 Å². The summed E-state index contributed by atoms with van der Waals surface area (Å²) in [5, 5.41) is 17.4. The number of aliphatic hydroxyl groups excluding tert-OH is 1. The Kier molecular flexibility index (Phi) is 6.16. The molecule has 1 aromatic carbocycles. The van der Waals surface area contributed by atoms with E-state index in [1.807, 2.05) is 37.8 Å². The monoisotopic (exact) mass is 528 g/mol. The van der Waals surface area contributed by atoms with Crippen molar-refractivity contribution in [3.05, 3.63) is 41.2 Å². The molecular weight excluding hydrogens is 491 g/mol. The standard InChI is InChI=1S/C27H37FN4O4Si/c1-16-14-26(3,4)32-23-20(16)12-19(35-5)13-21(23)27(25(32)34)17(2)24(37(6,7)28)22(36-27)8-10-31-15-18(9-11-33)29-30-31/h12-15,17,22,24,33H,8-11H2,1-7H3/t17-,22+,24-,27+/m1/s1. The van der Waals surface area contributed by atoms with Crippen LogP contribution in [0.5, 0.6) is 5.75 Å². The average Bonchev–Trinajstić information content (AvgIpc) is 3.45. The van der Waals surface area contributed by atoms with Gasteiger partial charge in [0.15, 0.2) is 5.60 Å². The Hall–Kier alpha value is -2.56. The number of hydrogen-bond donors (Lipinski definition) is 1. The molecule has 10 heteroatoms. The van der Waals surface area contributed by atoms with Crippen molar-refractivity contribution in [1.29, 1.82) is 0 Å². The lowest BCUT2D eigenvalue weighted by atomic mass is 9.81. The van der Waals surface area contributed by atoms with Crippen LogP contribution in [0.15, 0.2) is 24.4 Å². The van der Waals surface area contributed by atoms with Crippen LogP contribution < -0.4 is 9.64 Å². The summed E-state index contributed by atoms with van der Waals surface area (Å²) < 4.78 is 30.2. The Morgan fingerprint density at radius 3 is 2.68 bits per heavy atom. The summed E-state index contributed by atoms with van der Waals surface area (Å²) in [4.78, 5) is 16.3. The predicted octanol–water partition coefficient (Wildman–Crippen LogP) is 4.23. The number of methoxy groups -OCH3 is 1. The molecule has 1 saturated heterocycles. The van der Waals surface area contributed by atoms with Crippen molar-refractivity contribution < 1.29 is 23.5 Å². The summed E-state index contributed by atoms with van der Waals surface area (Å²) in [7, 11) is -1.64. The summed E-state index contributed by atoms with van der Waals surface area (Å²) in [5.41, 5.74) is 2.12. The van der Waals surface area contributed by atoms with Crippen LogP contribution >= 0.6 is 0 Å². The number of fused-ring (bicyclic) bond motifs is 1. The molecule has 8 nitrogen and oxygen atoms in total. The van der Waals surface area contributed by atoms with Gasteiger partial charge in [0, 0.05) is 48.4 Å². The van der Waals surface area contributed by atoms with Crippen molar-refractivity contribution in [3.63, 3.8) is 0 Å². The van der Waals surface area contributed by atoms with Gasteiger partial charge in [0.1, 0.15) is 5.75 Å². The minimum absolute atomic E-state index is 0.00231. The van der Waals surface area contributed by atoms with E-state index in [0.717, 1.165) is 22.4 Å². The number of rotatable bonds is 7. The SMILES string of the molecule is COc1cc2c3c(c1)[C@]1(O[C@@H](CCn4cc(CCO)nn4)[C@H]([Si](C)(C)F)[C@H]1C)C(=O)N3C(C)(C)C=C2C. The minimum atomic E-state index is -3.26. The molecule has 4 heterocycles. The number of aryl methyl sites for hydroxylation is 1. The quantitative estimate of drug-likeness (QED) is 0.427. The molecule has 2 aromatic rings. The third-order valence-corrected chi connectivity index (χ3v) is 10.8. The number of anilines is 1. The van der Waals surface area contributed by atoms with Crippen LogP contribution in [0.1, 0.15) is 50.9 Å². The number of nitrogens with zero attached hydrogens (tertiary/aromatic N) is 4. The summed E-state index contributed by atoms with van der Waals surface area (Å²) in [6.45, 7) is 12.0. The van der Waals surface area contributed by atoms with E-state index in [-0.39, 0.29) is 18.4 Å². The lowest BCUT2D eigenvalue weighted by molar-refractivity contribution is -0.146. The predicted molar refractivity (Wildman–Crippen MR) is 142 cm³/mol. The first kappa shape index (κ1) is 26.1. The third-order valence-electron chi connectivity index (χ3n) is 8.34. The second-order valence-corrected chi connectivity index (χ2v) is 15.5. The van der Waals surface area contributed by atoms with Crippen molar-refractivity contribution in [2.45, 2.75) is 83.0 Å². The summed E-state index contributed by atoms with van der Waals surface area (Å²) in [5.74, 6) is 0.159. The fourth-order valence-electron chi connectivity index (χ4n) is 6.91. The highest BCUT2D eigenvalue weighted by Gasteiger charge is 2.68. The molecule has 1 amide bonds. The highest BCUT2D eigenvalue weighted by Crippen LogP contribution is 2.63. The smallest absolute Gasteiger partial charge is 0.265 e. The van der Waals surface area contributed by atoms with Crippen LogP contribution in [0, 0.1) is 5.92 Å². The Balaban J connectivity index is 1.59. The van der Waals surface area contributed by atoms with E-state index < -0.39 is 31.2 Å². The number of carbonyl (C=O) groups excluding carboxylic acids is 1. The van der Waals surface area contributed by atoms with E-state index in [0.29, 0.717) is 30.8 Å². The van der Waals surface area contributed by atoms with Crippen molar-refractivity contribution in [2.24, 2.45) is 5.92 Å². The lowest BCUT2D eigenvalue weighted by Crippen LogP contribution is -2.52. The van der Waals surface area contributed by atoms with Gasteiger partial charge in [-0.1, -0.05) is 18.2 Å². The van der Waals surface area contributed by atoms with Gasteiger partial charge in [-0.05, 0) is 58.0 Å². The normalized spacial score (nSPS) is 28.1. The Morgan fingerprint density at radius 1 is 1.30 bits per heavy atom. The van der Waals surface area contributed by atoms with Gasteiger partial charge >= 0.3 is 0 Å². The molecular formula is C27H37FN4O4Si. The molecule has 0 unspecified atom stereocenters. The number of aromatic nitrogens is 3. The molecule has 1 spiro atoms. The number of benzene rings is 1. The number of amides is 1. The second-order valence-electron chi connectivity index (χ2n) is 11.7. The van der Waals surface area contributed by atoms with Gasteiger partial charge in [-0.25, -0.2) is 0 Å². The molecule has 4 atom stereocenters. The van der Waals surface area contributed by atoms with Gasteiger partial charge in [0.05, 0.1) is 30.1 Å². The van der Waals surface area contributed by atoms with Crippen molar-refractivity contribution in [3.8, 4) is 5.75 Å². The molecule has 0 radical (unpaired) electrons. The van der Waals surface area contributed by atoms with E-state index >= 15 is 4.11 Å². The highest BCUT2D eigenvalue weighted by atomic mass is 28.4.